The van der Waals surface area contributed by atoms with Crippen molar-refractivity contribution >= 4 is 56.4 Å². The fraction of sp³-hybridized carbons (Fsp3) is 0.474. The molecule has 222 valence electrons. The molecule has 1 aliphatic heterocycles. The van der Waals surface area contributed by atoms with E-state index in [1.807, 2.05) is 0 Å². The van der Waals surface area contributed by atoms with Crippen LogP contribution in [0.15, 0.2) is 16.7 Å². The number of anilines is 1. The first-order chi connectivity index (χ1) is 19.3. The van der Waals surface area contributed by atoms with Gasteiger partial charge in [-0.25, -0.2) is 18.9 Å². The quantitative estimate of drug-likeness (QED) is 0.0567. The number of nitrogen functional groups attached to an aromatic ring is 1. The molecule has 0 bridgehead atoms. The third kappa shape index (κ3) is 6.67. The summed E-state index contributed by atoms with van der Waals surface area (Å²) >= 11 is 0.949. The van der Waals surface area contributed by atoms with Crippen LogP contribution in [-0.2, 0) is 47.4 Å². The molecular formula is C19H24N10O10S2. The van der Waals surface area contributed by atoms with Gasteiger partial charge < -0.3 is 36.8 Å². The zero-order valence-corrected chi connectivity index (χ0v) is 22.5. The molecule has 0 unspecified atom stereocenters. The van der Waals surface area contributed by atoms with Crippen molar-refractivity contribution in [2.24, 2.45) is 10.9 Å². The van der Waals surface area contributed by atoms with Crippen LogP contribution in [0.1, 0.15) is 24.2 Å². The van der Waals surface area contributed by atoms with Crippen molar-refractivity contribution in [3.63, 3.8) is 0 Å². The lowest BCUT2D eigenvalue weighted by molar-refractivity contribution is -0.153. The van der Waals surface area contributed by atoms with Gasteiger partial charge in [0.2, 0.25) is 5.60 Å². The number of alkyl carbamates (subject to hydrolysis) is 1. The number of aliphatic carboxylic acids is 1. The van der Waals surface area contributed by atoms with Gasteiger partial charge in [-0.15, -0.1) is 11.3 Å². The molecule has 2 aromatic heterocycles. The molecule has 0 radical (unpaired) electrons. The summed E-state index contributed by atoms with van der Waals surface area (Å²) in [6, 6.07) is -2.90. The number of nitrogens with zero attached hydrogens (tertiary/aromatic N) is 6. The molecule has 2 fully saturated rings. The molecule has 22 heteroatoms. The summed E-state index contributed by atoms with van der Waals surface area (Å²) in [5.41, 5.74) is 8.91. The Morgan fingerprint density at radius 3 is 2.63 bits per heavy atom. The molecule has 3 amide bonds. The van der Waals surface area contributed by atoms with E-state index < -0.39 is 64.1 Å². The lowest BCUT2D eigenvalue weighted by Crippen LogP contribution is -2.73. The van der Waals surface area contributed by atoms with E-state index in [1.54, 1.807) is 0 Å². The van der Waals surface area contributed by atoms with E-state index in [0.717, 1.165) is 16.1 Å². The molecule has 3 heterocycles. The van der Waals surface area contributed by atoms with E-state index >= 15 is 0 Å². The van der Waals surface area contributed by atoms with Crippen molar-refractivity contribution in [2.45, 2.75) is 43.6 Å². The molecule has 2 aliphatic rings. The molecule has 20 nitrogen and oxygen atoms in total. The molecule has 8 N–H and O–H groups in total. The van der Waals surface area contributed by atoms with Gasteiger partial charge in [0.15, 0.2) is 10.8 Å². The number of amides is 3. The first-order valence-corrected chi connectivity index (χ1v) is 13.9. The minimum atomic E-state index is -5.04. The van der Waals surface area contributed by atoms with Gasteiger partial charge in [-0.05, 0) is 0 Å². The first kappa shape index (κ1) is 29.6. The van der Waals surface area contributed by atoms with Crippen molar-refractivity contribution in [1.82, 2.24) is 34.9 Å². The van der Waals surface area contributed by atoms with Gasteiger partial charge in [0.25, 0.3) is 11.8 Å². The van der Waals surface area contributed by atoms with Gasteiger partial charge in [-0.3, -0.25) is 14.1 Å². The predicted molar refractivity (Wildman–Crippen MR) is 135 cm³/mol. The minimum absolute atomic E-state index is 0.00163. The van der Waals surface area contributed by atoms with E-state index in [2.05, 4.69) is 31.0 Å². The number of nitrogens with two attached hydrogens (primary N) is 2. The molecule has 0 aromatic carbocycles. The van der Waals surface area contributed by atoms with Crippen LogP contribution >= 0.6 is 11.3 Å². The van der Waals surface area contributed by atoms with Crippen LogP contribution in [0.25, 0.3) is 0 Å². The number of carbonyl (C=O) groups is 4. The highest BCUT2D eigenvalue weighted by molar-refractivity contribution is 7.84. The summed E-state index contributed by atoms with van der Waals surface area (Å²) in [6.07, 6.45) is 0.792. The second kappa shape index (κ2) is 11.6. The normalized spacial score (nSPS) is 19.7. The summed E-state index contributed by atoms with van der Waals surface area (Å²) in [7, 11) is -5.04. The van der Waals surface area contributed by atoms with Gasteiger partial charge >= 0.3 is 22.4 Å². The molecule has 2 aromatic rings. The lowest BCUT2D eigenvalue weighted by atomic mass is 9.98. The molecular weight excluding hydrogens is 592 g/mol. The molecule has 0 spiro atoms. The number of thiazole rings is 1. The van der Waals surface area contributed by atoms with Crippen LogP contribution in [0.5, 0.6) is 0 Å². The van der Waals surface area contributed by atoms with Crippen molar-refractivity contribution in [3.05, 3.63) is 23.0 Å². The number of rotatable bonds is 13. The van der Waals surface area contributed by atoms with E-state index in [9.17, 15) is 37.3 Å². The van der Waals surface area contributed by atoms with Crippen molar-refractivity contribution < 1.29 is 46.8 Å². The van der Waals surface area contributed by atoms with E-state index in [-0.39, 0.29) is 53.4 Å². The Labute approximate surface area is 234 Å². The second-order valence-corrected chi connectivity index (χ2v) is 10.9. The lowest BCUT2D eigenvalue weighted by Gasteiger charge is -2.43. The predicted octanol–water partition coefficient (Wildman–Crippen LogP) is -2.96. The average molecular weight is 617 g/mol. The number of ether oxygens (including phenoxy) is 1. The topological polar surface area (TPSA) is 297 Å². The van der Waals surface area contributed by atoms with Crippen molar-refractivity contribution in [1.29, 1.82) is 0 Å². The fourth-order valence-electron chi connectivity index (χ4n) is 3.58. The molecule has 4 rings (SSSR count). The summed E-state index contributed by atoms with van der Waals surface area (Å²) in [6.45, 7) is -0.388. The first-order valence-electron chi connectivity index (χ1n) is 11.7. The zero-order valence-electron chi connectivity index (χ0n) is 20.9. The summed E-state index contributed by atoms with van der Waals surface area (Å²) in [5, 5.41) is 27.1. The number of β-lactam (4-membered cyclic amide) rings is 1. The second-order valence-electron chi connectivity index (χ2n) is 8.70. The maximum atomic E-state index is 13.2. The third-order valence-electron chi connectivity index (χ3n) is 5.79. The molecule has 2 atom stereocenters. The number of nitrogens with one attached hydrogen (secondary N) is 2. The maximum absolute atomic E-state index is 13.2. The SMILES string of the molecule is NCCOC(=O)NCc1cnn(C[C@H]2[C@H](NC(=O)C(=NOC3(C(=O)O)CC3)c3csc(N)n3)C(=O)N2S(=O)(=O)O)n1. The Hall–Kier alpha value is -4.41. The number of carboxylic acids is 1. The van der Waals surface area contributed by atoms with Crippen LogP contribution in [0.3, 0.4) is 0 Å². The van der Waals surface area contributed by atoms with Crippen LogP contribution in [0, 0.1) is 0 Å². The molecule has 1 aliphatic carbocycles. The van der Waals surface area contributed by atoms with E-state index in [4.69, 9.17) is 21.0 Å². The molecule has 1 saturated carbocycles. The highest BCUT2D eigenvalue weighted by atomic mass is 32.2. The summed E-state index contributed by atoms with van der Waals surface area (Å²) < 4.78 is 38.2. The zero-order chi connectivity index (χ0) is 29.9. The van der Waals surface area contributed by atoms with E-state index in [1.165, 1.54) is 11.6 Å². The van der Waals surface area contributed by atoms with Crippen LogP contribution in [0.4, 0.5) is 9.93 Å². The smallest absolute Gasteiger partial charge is 0.407 e. The standard InChI is InChI=1S/C19H24N10O10S2/c20-3-4-38-18(34)22-5-9-6-23-28(26-9)7-11-13(15(31)29(11)41(35,36)37)25-14(30)12(10-8-40-17(21)24-10)27-39-19(1-2-19)16(32)33/h6,8,11,13H,1-5,7,20H2,(H2,21,24)(H,22,34)(H,25,30)(H,32,33)(H,35,36,37)/t11-,13-/m0/s1. The van der Waals surface area contributed by atoms with E-state index in [0.29, 0.717) is 0 Å². The highest BCUT2D eigenvalue weighted by Gasteiger charge is 2.56. The number of hydrogen-bond acceptors (Lipinski definition) is 15. The van der Waals surface area contributed by atoms with Gasteiger partial charge in [0.1, 0.15) is 30.1 Å². The van der Waals surface area contributed by atoms with Gasteiger partial charge in [-0.1, -0.05) is 5.16 Å². The molecule has 1 saturated heterocycles. The van der Waals surface area contributed by atoms with Crippen LogP contribution in [0.2, 0.25) is 0 Å². The Morgan fingerprint density at radius 1 is 1.32 bits per heavy atom. The Balaban J connectivity index is 1.50. The Kier molecular flexibility index (Phi) is 8.37. The highest BCUT2D eigenvalue weighted by Crippen LogP contribution is 2.40. The summed E-state index contributed by atoms with van der Waals surface area (Å²) in [4.78, 5) is 58.9. The number of carbonyl (C=O) groups excluding carboxylic acids is 3. The number of carboxylic acid groups (broad SMARTS) is 1. The maximum Gasteiger partial charge on any atom is 0.407 e. The van der Waals surface area contributed by atoms with Crippen molar-refractivity contribution in [3.8, 4) is 0 Å². The number of aromatic nitrogens is 4. The van der Waals surface area contributed by atoms with Gasteiger partial charge in [0, 0.05) is 24.8 Å². The van der Waals surface area contributed by atoms with Gasteiger partial charge in [0.05, 0.1) is 19.3 Å². The Morgan fingerprint density at radius 2 is 2.05 bits per heavy atom. The average Bonchev–Trinajstić information content (AvgIpc) is 3.37. The van der Waals surface area contributed by atoms with Crippen LogP contribution < -0.4 is 22.1 Å². The monoisotopic (exact) mass is 616 g/mol. The minimum Gasteiger partial charge on any atom is -0.478 e. The number of hydrogen-bond donors (Lipinski definition) is 6. The van der Waals surface area contributed by atoms with Gasteiger partial charge in [-0.2, -0.15) is 23.4 Å². The number of oxime groups is 1. The largest absolute Gasteiger partial charge is 0.478 e. The summed E-state index contributed by atoms with van der Waals surface area (Å²) in [5.74, 6) is -3.53. The van der Waals surface area contributed by atoms with Crippen LogP contribution in [-0.4, -0.2) is 103 Å². The Bertz CT molecular complexity index is 1480. The molecule has 41 heavy (non-hydrogen) atoms. The third-order valence-corrected chi connectivity index (χ3v) is 7.41. The van der Waals surface area contributed by atoms with Crippen molar-refractivity contribution in [2.75, 3.05) is 18.9 Å². The fourth-order valence-corrected chi connectivity index (χ4v) is 5.00.